The lowest BCUT2D eigenvalue weighted by atomic mass is 9.76. The van der Waals surface area contributed by atoms with Crippen molar-refractivity contribution in [1.82, 2.24) is 4.90 Å². The molecule has 4 atom stereocenters. The van der Waals surface area contributed by atoms with Crippen LogP contribution in [0, 0.1) is 5.92 Å². The van der Waals surface area contributed by atoms with Crippen LogP contribution in [0.4, 0.5) is 0 Å². The molecule has 2 aliphatic rings. The fraction of sp³-hybridized carbons (Fsp3) is 0.500. The van der Waals surface area contributed by atoms with Gasteiger partial charge >= 0.3 is 5.97 Å². The van der Waals surface area contributed by atoms with Gasteiger partial charge in [-0.25, -0.2) is 0 Å². The first-order valence-electron chi connectivity index (χ1n) is 8.10. The molecule has 2 saturated heterocycles. The minimum absolute atomic E-state index is 0.125. The number of carbonyl (C=O) groups is 1. The van der Waals surface area contributed by atoms with Gasteiger partial charge < -0.3 is 4.74 Å². The van der Waals surface area contributed by atoms with E-state index in [0.29, 0.717) is 16.1 Å². The summed E-state index contributed by atoms with van der Waals surface area (Å²) < 4.78 is 7.19. The topological polar surface area (TPSA) is 29.5 Å². The molecule has 0 N–H and O–H groups in total. The molecule has 0 amide bonds. The molecule has 0 saturated carbocycles. The first-order valence-corrected chi connectivity index (χ1v) is 10.1. The van der Waals surface area contributed by atoms with E-state index in [1.807, 2.05) is 22.3 Å². The standard InChI is InChI=1S/C18H20Cl2INO2/c1-24-18(23)17-13(11-3-5-14(19)15(20)9-11)10-12-4-6-16(17)22(12)8-2-7-21/h2-3,5,7,9,12-13,16-17H,4,6,8,10H2,1H3/b7-2+. The molecule has 2 aliphatic heterocycles. The summed E-state index contributed by atoms with van der Waals surface area (Å²) in [6.45, 7) is 0.889. The SMILES string of the molecule is COC(=O)C1C(c2ccc(Cl)c(Cl)c2)CC2CCC1N2C/C=C/I. The van der Waals surface area contributed by atoms with Crippen molar-refractivity contribution in [3.8, 4) is 0 Å². The molecule has 2 fully saturated rings. The van der Waals surface area contributed by atoms with Crippen LogP contribution < -0.4 is 0 Å². The predicted octanol–water partition coefficient (Wildman–Crippen LogP) is 5.05. The molecule has 4 unspecified atom stereocenters. The van der Waals surface area contributed by atoms with Gasteiger partial charge in [0.15, 0.2) is 0 Å². The number of benzene rings is 1. The minimum Gasteiger partial charge on any atom is -0.469 e. The highest BCUT2D eigenvalue weighted by Gasteiger charge is 2.50. The van der Waals surface area contributed by atoms with Crippen molar-refractivity contribution in [3.63, 3.8) is 0 Å². The van der Waals surface area contributed by atoms with Gasteiger partial charge in [-0.15, -0.1) is 0 Å². The number of fused-ring (bicyclic) bond motifs is 2. The van der Waals surface area contributed by atoms with E-state index in [9.17, 15) is 4.79 Å². The van der Waals surface area contributed by atoms with Crippen LogP contribution in [0.5, 0.6) is 0 Å². The van der Waals surface area contributed by atoms with Gasteiger partial charge in [0, 0.05) is 24.5 Å². The van der Waals surface area contributed by atoms with Crippen LogP contribution in [-0.2, 0) is 9.53 Å². The Balaban J connectivity index is 1.94. The second-order valence-corrected chi connectivity index (χ2v) is 7.96. The van der Waals surface area contributed by atoms with Crippen LogP contribution in [0.1, 0.15) is 30.7 Å². The minimum atomic E-state index is -0.159. The summed E-state index contributed by atoms with van der Waals surface area (Å²) >= 11 is 14.5. The van der Waals surface area contributed by atoms with Gasteiger partial charge in [-0.1, -0.05) is 57.9 Å². The van der Waals surface area contributed by atoms with Crippen molar-refractivity contribution in [3.05, 3.63) is 44.0 Å². The summed E-state index contributed by atoms with van der Waals surface area (Å²) in [5.41, 5.74) is 1.08. The maximum Gasteiger partial charge on any atom is 0.310 e. The highest BCUT2D eigenvalue weighted by molar-refractivity contribution is 14.1. The average Bonchev–Trinajstić information content (AvgIpc) is 2.86. The summed E-state index contributed by atoms with van der Waals surface area (Å²) in [6.07, 6.45) is 5.27. The lowest BCUT2D eigenvalue weighted by Gasteiger charge is -2.43. The van der Waals surface area contributed by atoms with Crippen molar-refractivity contribution in [2.45, 2.75) is 37.3 Å². The summed E-state index contributed by atoms with van der Waals surface area (Å²) in [6, 6.07) is 6.45. The number of nitrogens with zero attached hydrogens (tertiary/aromatic N) is 1. The van der Waals surface area contributed by atoms with Crippen LogP contribution >= 0.6 is 45.8 Å². The highest BCUT2D eigenvalue weighted by atomic mass is 127. The monoisotopic (exact) mass is 479 g/mol. The zero-order valence-electron chi connectivity index (χ0n) is 13.4. The second-order valence-electron chi connectivity index (χ2n) is 6.42. The Morgan fingerprint density at radius 1 is 1.38 bits per heavy atom. The Hall–Kier alpha value is -0.300. The van der Waals surface area contributed by atoms with Crippen LogP contribution in [-0.4, -0.2) is 36.6 Å². The molecule has 0 aliphatic carbocycles. The Morgan fingerprint density at radius 3 is 2.83 bits per heavy atom. The fourth-order valence-electron chi connectivity index (χ4n) is 4.30. The van der Waals surface area contributed by atoms with Gasteiger partial charge in [0.05, 0.1) is 23.1 Å². The van der Waals surface area contributed by atoms with E-state index >= 15 is 0 Å². The first kappa shape index (κ1) is 18.5. The molecular formula is C18H20Cl2INO2. The smallest absolute Gasteiger partial charge is 0.310 e. The average molecular weight is 480 g/mol. The zero-order valence-corrected chi connectivity index (χ0v) is 17.1. The van der Waals surface area contributed by atoms with E-state index in [1.165, 1.54) is 7.11 Å². The maximum atomic E-state index is 12.6. The molecule has 24 heavy (non-hydrogen) atoms. The molecular weight excluding hydrogens is 460 g/mol. The molecule has 1 aromatic rings. The number of ether oxygens (including phenoxy) is 1. The van der Waals surface area contributed by atoms with E-state index in [1.54, 1.807) is 0 Å². The third kappa shape index (κ3) is 3.48. The summed E-state index contributed by atoms with van der Waals surface area (Å²) in [5, 5.41) is 1.09. The summed E-state index contributed by atoms with van der Waals surface area (Å²) in [5.74, 6) is -0.155. The zero-order chi connectivity index (χ0) is 17.3. The number of carbonyl (C=O) groups excluding carboxylic acids is 1. The third-order valence-corrected chi connectivity index (χ3v) is 6.56. The van der Waals surface area contributed by atoms with E-state index in [4.69, 9.17) is 27.9 Å². The van der Waals surface area contributed by atoms with Crippen LogP contribution in [0.25, 0.3) is 0 Å². The normalized spacial score (nSPS) is 30.0. The van der Waals surface area contributed by atoms with Gasteiger partial charge in [0.1, 0.15) is 0 Å². The van der Waals surface area contributed by atoms with Gasteiger partial charge in [-0.05, 0) is 41.0 Å². The van der Waals surface area contributed by atoms with Gasteiger partial charge in [0.25, 0.3) is 0 Å². The molecule has 6 heteroatoms. The molecule has 0 spiro atoms. The fourth-order valence-corrected chi connectivity index (χ4v) is 4.84. The number of rotatable bonds is 4. The Labute approximate surface area is 166 Å². The molecule has 1 aromatic carbocycles. The molecule has 2 heterocycles. The van der Waals surface area contributed by atoms with Crippen molar-refractivity contribution in [2.75, 3.05) is 13.7 Å². The molecule has 2 bridgehead atoms. The van der Waals surface area contributed by atoms with E-state index in [-0.39, 0.29) is 23.8 Å². The molecule has 130 valence electrons. The van der Waals surface area contributed by atoms with Gasteiger partial charge in [-0.3, -0.25) is 9.69 Å². The second kappa shape index (κ2) is 7.94. The van der Waals surface area contributed by atoms with Gasteiger partial charge in [0.2, 0.25) is 0 Å². The number of methoxy groups -OCH3 is 1. The van der Waals surface area contributed by atoms with E-state index < -0.39 is 0 Å². The van der Waals surface area contributed by atoms with Crippen molar-refractivity contribution in [1.29, 1.82) is 0 Å². The van der Waals surface area contributed by atoms with Gasteiger partial charge in [-0.2, -0.15) is 0 Å². The van der Waals surface area contributed by atoms with E-state index in [0.717, 1.165) is 31.4 Å². The lowest BCUT2D eigenvalue weighted by molar-refractivity contribution is -0.150. The number of halogens is 3. The first-order chi connectivity index (χ1) is 11.6. The number of esters is 1. The van der Waals surface area contributed by atoms with Crippen LogP contribution in [0.15, 0.2) is 28.4 Å². The largest absolute Gasteiger partial charge is 0.469 e. The lowest BCUT2D eigenvalue weighted by Crippen LogP contribution is -2.50. The van der Waals surface area contributed by atoms with Crippen molar-refractivity contribution >= 4 is 51.8 Å². The molecule has 0 aromatic heterocycles. The summed E-state index contributed by atoms with van der Waals surface area (Å²) in [7, 11) is 1.48. The summed E-state index contributed by atoms with van der Waals surface area (Å²) in [4.78, 5) is 15.0. The maximum absolute atomic E-state index is 12.6. The number of hydrogen-bond donors (Lipinski definition) is 0. The van der Waals surface area contributed by atoms with Crippen LogP contribution in [0.2, 0.25) is 10.0 Å². The van der Waals surface area contributed by atoms with Crippen molar-refractivity contribution < 1.29 is 9.53 Å². The third-order valence-electron chi connectivity index (χ3n) is 5.32. The predicted molar refractivity (Wildman–Crippen MR) is 106 cm³/mol. The van der Waals surface area contributed by atoms with E-state index in [2.05, 4.69) is 33.6 Å². The van der Waals surface area contributed by atoms with Crippen LogP contribution in [0.3, 0.4) is 0 Å². The quantitative estimate of drug-likeness (QED) is 0.447. The Morgan fingerprint density at radius 2 is 2.17 bits per heavy atom. The Kier molecular flexibility index (Phi) is 6.11. The molecule has 0 radical (unpaired) electrons. The number of piperidine rings is 1. The highest BCUT2D eigenvalue weighted by Crippen LogP contribution is 2.48. The molecule has 3 rings (SSSR count). The van der Waals surface area contributed by atoms with Crippen molar-refractivity contribution in [2.24, 2.45) is 5.92 Å². The Bertz CT molecular complexity index is 652. The number of hydrogen-bond acceptors (Lipinski definition) is 3. The molecule has 3 nitrogen and oxygen atoms in total.